The van der Waals surface area contributed by atoms with Crippen LogP contribution < -0.4 is 0 Å². The molecule has 0 atom stereocenters. The first-order valence-corrected chi connectivity index (χ1v) is 3.51. The van der Waals surface area contributed by atoms with Crippen molar-refractivity contribution < 1.29 is 9.90 Å². The van der Waals surface area contributed by atoms with Gasteiger partial charge in [0.2, 0.25) is 0 Å². The van der Waals surface area contributed by atoms with Crippen LogP contribution in [-0.2, 0) is 4.79 Å². The maximum atomic E-state index is 10.5. The van der Waals surface area contributed by atoms with Crippen molar-refractivity contribution in [3.63, 3.8) is 0 Å². The summed E-state index contributed by atoms with van der Waals surface area (Å²) < 4.78 is 0. The summed E-state index contributed by atoms with van der Waals surface area (Å²) >= 11 is 0. The number of aliphatic imine (C=N–C) groups is 2. The van der Waals surface area contributed by atoms with Gasteiger partial charge in [0.25, 0.3) is 0 Å². The van der Waals surface area contributed by atoms with Crippen molar-refractivity contribution in [2.24, 2.45) is 9.98 Å². The van der Waals surface area contributed by atoms with Crippen molar-refractivity contribution in [3.05, 3.63) is 24.0 Å². The van der Waals surface area contributed by atoms with E-state index in [2.05, 4.69) is 9.98 Å². The van der Waals surface area contributed by atoms with Gasteiger partial charge in [-0.3, -0.25) is 9.98 Å². The first-order valence-electron chi connectivity index (χ1n) is 3.51. The lowest BCUT2D eigenvalue weighted by atomic mass is 10.0. The van der Waals surface area contributed by atoms with Crippen LogP contribution in [0.4, 0.5) is 0 Å². The molecule has 0 bridgehead atoms. The molecular formula is C8H6N2O2. The van der Waals surface area contributed by atoms with E-state index < -0.39 is 5.97 Å². The van der Waals surface area contributed by atoms with E-state index in [0.29, 0.717) is 6.42 Å². The highest BCUT2D eigenvalue weighted by Gasteiger charge is 2.19. The van der Waals surface area contributed by atoms with Gasteiger partial charge in [0.05, 0.1) is 5.71 Å². The summed E-state index contributed by atoms with van der Waals surface area (Å²) in [6.45, 7) is 0. The summed E-state index contributed by atoms with van der Waals surface area (Å²) in [5, 5.41) is 8.62. The number of hydrogen-bond donors (Lipinski definition) is 1. The largest absolute Gasteiger partial charge is 0.477 e. The van der Waals surface area contributed by atoms with Crippen molar-refractivity contribution in [1.29, 1.82) is 0 Å². The van der Waals surface area contributed by atoms with Gasteiger partial charge in [0.1, 0.15) is 5.71 Å². The second kappa shape index (κ2) is 2.41. The quantitative estimate of drug-likeness (QED) is 0.618. The van der Waals surface area contributed by atoms with Crippen LogP contribution in [0.5, 0.6) is 0 Å². The van der Waals surface area contributed by atoms with E-state index in [1.807, 2.05) is 6.08 Å². The second-order valence-electron chi connectivity index (χ2n) is 2.53. The molecule has 0 saturated carbocycles. The highest BCUT2D eigenvalue weighted by molar-refractivity contribution is 6.41. The molecule has 0 saturated heterocycles. The van der Waals surface area contributed by atoms with Gasteiger partial charge in [0, 0.05) is 24.4 Å². The summed E-state index contributed by atoms with van der Waals surface area (Å²) in [5.74, 6) is -0.972. The van der Waals surface area contributed by atoms with Crippen LogP contribution in [-0.4, -0.2) is 22.5 Å². The zero-order valence-corrected chi connectivity index (χ0v) is 6.19. The number of allylic oxidation sites excluding steroid dienone is 2. The van der Waals surface area contributed by atoms with E-state index in [1.54, 1.807) is 6.20 Å². The molecule has 0 unspecified atom stereocenters. The molecule has 0 amide bonds. The third kappa shape index (κ3) is 0.972. The zero-order valence-electron chi connectivity index (χ0n) is 6.19. The van der Waals surface area contributed by atoms with Crippen molar-refractivity contribution in [1.82, 2.24) is 0 Å². The number of hydrogen-bond acceptors (Lipinski definition) is 3. The number of fused-ring (bicyclic) bond motifs is 1. The van der Waals surface area contributed by atoms with Crippen LogP contribution >= 0.6 is 0 Å². The second-order valence-corrected chi connectivity index (χ2v) is 2.53. The number of carboxylic acids is 1. The Balaban J connectivity index is 2.33. The van der Waals surface area contributed by atoms with Crippen LogP contribution in [0.1, 0.15) is 6.42 Å². The molecule has 2 aliphatic heterocycles. The SMILES string of the molecule is O=C(O)C1=NC=C2C=CN=C2C1. The van der Waals surface area contributed by atoms with E-state index in [0.717, 1.165) is 11.3 Å². The topological polar surface area (TPSA) is 62.0 Å². The van der Waals surface area contributed by atoms with Crippen LogP contribution in [0.15, 0.2) is 34.0 Å². The smallest absolute Gasteiger partial charge is 0.350 e. The Bertz CT molecular complexity index is 361. The zero-order chi connectivity index (χ0) is 8.55. The van der Waals surface area contributed by atoms with Gasteiger partial charge in [-0.15, -0.1) is 0 Å². The molecule has 4 heteroatoms. The van der Waals surface area contributed by atoms with Gasteiger partial charge in [-0.1, -0.05) is 0 Å². The molecule has 0 aromatic carbocycles. The van der Waals surface area contributed by atoms with Crippen molar-refractivity contribution in [2.45, 2.75) is 6.42 Å². The molecular weight excluding hydrogens is 156 g/mol. The lowest BCUT2D eigenvalue weighted by Gasteiger charge is -2.06. The van der Waals surface area contributed by atoms with E-state index in [-0.39, 0.29) is 5.71 Å². The lowest BCUT2D eigenvalue weighted by molar-refractivity contribution is -0.129. The van der Waals surface area contributed by atoms with Gasteiger partial charge >= 0.3 is 5.97 Å². The number of carboxylic acid groups (broad SMARTS) is 1. The Labute approximate surface area is 68.6 Å². The summed E-state index contributed by atoms with van der Waals surface area (Å²) in [6, 6.07) is 0. The van der Waals surface area contributed by atoms with E-state index in [1.165, 1.54) is 6.20 Å². The van der Waals surface area contributed by atoms with Gasteiger partial charge < -0.3 is 5.11 Å². The fourth-order valence-electron chi connectivity index (χ4n) is 1.13. The Morgan fingerprint density at radius 2 is 2.33 bits per heavy atom. The minimum absolute atomic E-state index is 0.154. The Morgan fingerprint density at radius 3 is 3.08 bits per heavy atom. The minimum Gasteiger partial charge on any atom is -0.477 e. The van der Waals surface area contributed by atoms with E-state index in [4.69, 9.17) is 5.11 Å². The minimum atomic E-state index is -0.972. The predicted octanol–water partition coefficient (Wildman–Crippen LogP) is 0.768. The first-order chi connectivity index (χ1) is 5.77. The van der Waals surface area contributed by atoms with Crippen LogP contribution in [0.3, 0.4) is 0 Å². The molecule has 0 aliphatic carbocycles. The Hall–Kier alpha value is -1.71. The van der Waals surface area contributed by atoms with E-state index >= 15 is 0 Å². The van der Waals surface area contributed by atoms with Gasteiger partial charge in [-0.25, -0.2) is 4.79 Å². The average Bonchev–Trinajstić information content (AvgIpc) is 2.49. The molecule has 2 rings (SSSR count). The predicted molar refractivity (Wildman–Crippen MR) is 44.3 cm³/mol. The highest BCUT2D eigenvalue weighted by atomic mass is 16.4. The van der Waals surface area contributed by atoms with Crippen LogP contribution in [0.2, 0.25) is 0 Å². The maximum absolute atomic E-state index is 10.5. The molecule has 0 radical (unpaired) electrons. The summed E-state index contributed by atoms with van der Waals surface area (Å²) in [6.07, 6.45) is 5.34. The normalized spacial score (nSPS) is 19.5. The monoisotopic (exact) mass is 162 g/mol. The lowest BCUT2D eigenvalue weighted by Crippen LogP contribution is -2.20. The summed E-state index contributed by atoms with van der Waals surface area (Å²) in [4.78, 5) is 18.3. The highest BCUT2D eigenvalue weighted by Crippen LogP contribution is 2.16. The third-order valence-corrected chi connectivity index (χ3v) is 1.76. The van der Waals surface area contributed by atoms with Crippen LogP contribution in [0.25, 0.3) is 0 Å². The van der Waals surface area contributed by atoms with Gasteiger partial charge in [-0.05, 0) is 6.08 Å². The van der Waals surface area contributed by atoms with Crippen molar-refractivity contribution in [3.8, 4) is 0 Å². The molecule has 2 heterocycles. The molecule has 4 nitrogen and oxygen atoms in total. The summed E-state index contributed by atoms with van der Waals surface area (Å²) in [7, 11) is 0. The molecule has 12 heavy (non-hydrogen) atoms. The molecule has 0 aromatic heterocycles. The van der Waals surface area contributed by atoms with Crippen molar-refractivity contribution >= 4 is 17.4 Å². The maximum Gasteiger partial charge on any atom is 0.350 e. The number of carbonyl (C=O) groups is 1. The third-order valence-electron chi connectivity index (χ3n) is 1.76. The molecule has 2 aliphatic rings. The first kappa shape index (κ1) is 6.97. The molecule has 0 spiro atoms. The van der Waals surface area contributed by atoms with Gasteiger partial charge in [0.15, 0.2) is 0 Å². The number of rotatable bonds is 1. The fraction of sp³-hybridized carbons (Fsp3) is 0.125. The number of aliphatic carboxylic acids is 1. The van der Waals surface area contributed by atoms with Crippen molar-refractivity contribution in [2.75, 3.05) is 0 Å². The van der Waals surface area contributed by atoms with Gasteiger partial charge in [-0.2, -0.15) is 0 Å². The fourth-order valence-corrected chi connectivity index (χ4v) is 1.13. The average molecular weight is 162 g/mol. The number of nitrogens with zero attached hydrogens (tertiary/aromatic N) is 2. The standard InChI is InChI=1S/C8H6N2O2/c11-8(12)7-3-6-5(4-10-7)1-2-9-6/h1-2,4H,3H2,(H,11,12). The van der Waals surface area contributed by atoms with E-state index in [9.17, 15) is 4.79 Å². The molecule has 60 valence electrons. The molecule has 0 aromatic rings. The molecule has 1 N–H and O–H groups in total. The molecule has 0 fully saturated rings. The van der Waals surface area contributed by atoms with Crippen LogP contribution in [0, 0.1) is 0 Å². The Kier molecular flexibility index (Phi) is 1.40. The summed E-state index contributed by atoms with van der Waals surface area (Å²) in [5.41, 5.74) is 1.86. The Morgan fingerprint density at radius 1 is 1.50 bits per heavy atom.